The molecule has 4 heteroatoms. The number of aliphatic hydroxyl groups is 1. The van der Waals surface area contributed by atoms with Crippen molar-refractivity contribution in [3.8, 4) is 11.1 Å². The van der Waals surface area contributed by atoms with E-state index in [4.69, 9.17) is 16.0 Å². The van der Waals surface area contributed by atoms with Crippen molar-refractivity contribution in [1.29, 1.82) is 0 Å². The van der Waals surface area contributed by atoms with Crippen LogP contribution in [0.25, 0.3) is 22.0 Å². The van der Waals surface area contributed by atoms with Crippen LogP contribution in [0.15, 0.2) is 71.5 Å². The lowest BCUT2D eigenvalue weighted by atomic mass is 9.93. The molecule has 0 spiro atoms. The Balaban J connectivity index is 1.74. The number of fused-ring (bicyclic) bond motifs is 1. The van der Waals surface area contributed by atoms with Crippen molar-refractivity contribution in [2.45, 2.75) is 38.7 Å². The van der Waals surface area contributed by atoms with Crippen LogP contribution in [0.4, 0.5) is 0 Å². The van der Waals surface area contributed by atoms with Gasteiger partial charge in [-0.25, -0.2) is 0 Å². The first-order chi connectivity index (χ1) is 13.8. The normalized spacial score (nSPS) is 13.0. The Labute approximate surface area is 176 Å². The molecule has 0 aliphatic heterocycles. The molecule has 2 aromatic carbocycles. The van der Waals surface area contributed by atoms with Crippen LogP contribution in [0, 0.1) is 0 Å². The second-order valence-electron chi connectivity index (χ2n) is 8.07. The lowest BCUT2D eigenvalue weighted by Crippen LogP contribution is -2.14. The highest BCUT2D eigenvalue weighted by molar-refractivity contribution is 6.32. The first kappa shape index (κ1) is 19.7. The third-order valence-electron chi connectivity index (χ3n) is 5.39. The minimum atomic E-state index is -0.853. The lowest BCUT2D eigenvalue weighted by molar-refractivity contribution is 0.0786. The molecule has 4 rings (SSSR count). The molecule has 2 aromatic heterocycles. The second-order valence-corrected chi connectivity index (χ2v) is 8.48. The van der Waals surface area contributed by atoms with Gasteiger partial charge in [-0.2, -0.15) is 0 Å². The van der Waals surface area contributed by atoms with E-state index in [0.717, 1.165) is 45.3 Å². The number of rotatable bonds is 5. The molecule has 0 bridgehead atoms. The maximum absolute atomic E-state index is 10.2. The fraction of sp³-hybridized carbons (Fsp3) is 0.240. The van der Waals surface area contributed by atoms with Crippen molar-refractivity contribution < 1.29 is 9.52 Å². The van der Waals surface area contributed by atoms with Crippen molar-refractivity contribution >= 4 is 22.5 Å². The number of hydrogen-bond donors (Lipinski definition) is 1. The van der Waals surface area contributed by atoms with Crippen molar-refractivity contribution in [2.24, 2.45) is 0 Å². The van der Waals surface area contributed by atoms with Gasteiger partial charge in [-0.05, 0) is 66.8 Å². The predicted octanol–water partition coefficient (Wildman–Crippen LogP) is 6.72. The molecular formula is C25H24ClNO2. The minimum absolute atomic E-state index is 0.211. The van der Waals surface area contributed by atoms with Crippen LogP contribution < -0.4 is 0 Å². The zero-order valence-electron chi connectivity index (χ0n) is 16.8. The largest absolute Gasteiger partial charge is 0.469 e. The third-order valence-corrected chi connectivity index (χ3v) is 5.72. The van der Waals surface area contributed by atoms with E-state index in [1.807, 2.05) is 42.5 Å². The minimum Gasteiger partial charge on any atom is -0.469 e. The van der Waals surface area contributed by atoms with Gasteiger partial charge >= 0.3 is 0 Å². The van der Waals surface area contributed by atoms with Crippen LogP contribution in [0.1, 0.15) is 43.6 Å². The lowest BCUT2D eigenvalue weighted by Gasteiger charge is -2.18. The van der Waals surface area contributed by atoms with E-state index in [0.29, 0.717) is 5.02 Å². The van der Waals surface area contributed by atoms with Gasteiger partial charge in [0.15, 0.2) is 0 Å². The standard InChI is InChI=1S/C25H24ClNO2/c1-16(24-5-4-12-29-24)13-20-21-14-18(8-11-23(21)27-15-22(20)26)17-6-9-19(10-7-17)25(2,3)28/h4-12,14-16,28H,13H2,1-3H3. The highest BCUT2D eigenvalue weighted by atomic mass is 35.5. The van der Waals surface area contributed by atoms with E-state index >= 15 is 0 Å². The van der Waals surface area contributed by atoms with Gasteiger partial charge in [0, 0.05) is 17.5 Å². The summed E-state index contributed by atoms with van der Waals surface area (Å²) in [7, 11) is 0. The monoisotopic (exact) mass is 405 g/mol. The Morgan fingerprint density at radius 1 is 1.07 bits per heavy atom. The zero-order valence-corrected chi connectivity index (χ0v) is 17.6. The average Bonchev–Trinajstić information content (AvgIpc) is 3.24. The summed E-state index contributed by atoms with van der Waals surface area (Å²) in [6.45, 7) is 5.72. The van der Waals surface area contributed by atoms with E-state index in [2.05, 4.69) is 24.0 Å². The van der Waals surface area contributed by atoms with Gasteiger partial charge in [-0.15, -0.1) is 0 Å². The molecule has 0 saturated carbocycles. The second kappa shape index (κ2) is 7.66. The Hall–Kier alpha value is -2.62. The molecule has 29 heavy (non-hydrogen) atoms. The van der Waals surface area contributed by atoms with Crippen molar-refractivity contribution in [2.75, 3.05) is 0 Å². The molecule has 0 saturated heterocycles. The first-order valence-electron chi connectivity index (χ1n) is 9.77. The van der Waals surface area contributed by atoms with E-state index in [1.54, 1.807) is 26.3 Å². The number of benzene rings is 2. The van der Waals surface area contributed by atoms with Crippen LogP contribution in [-0.4, -0.2) is 10.1 Å². The predicted molar refractivity (Wildman–Crippen MR) is 118 cm³/mol. The molecule has 148 valence electrons. The van der Waals surface area contributed by atoms with Crippen LogP contribution >= 0.6 is 11.6 Å². The first-order valence-corrected chi connectivity index (χ1v) is 10.1. The van der Waals surface area contributed by atoms with Gasteiger partial charge in [-0.1, -0.05) is 48.9 Å². The number of pyridine rings is 1. The van der Waals surface area contributed by atoms with E-state index in [9.17, 15) is 5.11 Å². The smallest absolute Gasteiger partial charge is 0.106 e. The van der Waals surface area contributed by atoms with Gasteiger partial charge in [0.05, 0.1) is 22.4 Å². The summed E-state index contributed by atoms with van der Waals surface area (Å²) in [5, 5.41) is 11.9. The molecule has 1 N–H and O–H groups in total. The summed E-state index contributed by atoms with van der Waals surface area (Å²) >= 11 is 6.56. The van der Waals surface area contributed by atoms with Gasteiger partial charge < -0.3 is 9.52 Å². The Morgan fingerprint density at radius 2 is 1.79 bits per heavy atom. The average molecular weight is 406 g/mol. The maximum atomic E-state index is 10.2. The molecular weight excluding hydrogens is 382 g/mol. The number of hydrogen-bond acceptors (Lipinski definition) is 3. The van der Waals surface area contributed by atoms with Crippen molar-refractivity contribution in [3.05, 3.63) is 89.0 Å². The molecule has 0 aliphatic rings. The molecule has 0 amide bonds. The van der Waals surface area contributed by atoms with E-state index in [1.165, 1.54) is 0 Å². The quantitative estimate of drug-likeness (QED) is 0.400. The number of aromatic nitrogens is 1. The third kappa shape index (κ3) is 4.07. The number of halogens is 1. The number of nitrogens with zero attached hydrogens (tertiary/aromatic N) is 1. The Morgan fingerprint density at radius 3 is 2.45 bits per heavy atom. The Kier molecular flexibility index (Phi) is 5.20. The Bertz CT molecular complexity index is 1130. The van der Waals surface area contributed by atoms with Gasteiger partial charge in [0.1, 0.15) is 5.76 Å². The number of furan rings is 1. The molecule has 1 atom stereocenters. The summed E-state index contributed by atoms with van der Waals surface area (Å²) < 4.78 is 5.57. The van der Waals surface area contributed by atoms with E-state index in [-0.39, 0.29) is 5.92 Å². The van der Waals surface area contributed by atoms with Gasteiger partial charge in [0.2, 0.25) is 0 Å². The van der Waals surface area contributed by atoms with Gasteiger partial charge in [0.25, 0.3) is 0 Å². The van der Waals surface area contributed by atoms with Crippen molar-refractivity contribution in [3.63, 3.8) is 0 Å². The highest BCUT2D eigenvalue weighted by Gasteiger charge is 2.17. The molecule has 2 heterocycles. The highest BCUT2D eigenvalue weighted by Crippen LogP contribution is 2.33. The van der Waals surface area contributed by atoms with E-state index < -0.39 is 5.60 Å². The summed E-state index contributed by atoms with van der Waals surface area (Å²) in [4.78, 5) is 4.50. The zero-order chi connectivity index (χ0) is 20.6. The summed E-state index contributed by atoms with van der Waals surface area (Å²) in [5.41, 5.74) is 4.22. The summed E-state index contributed by atoms with van der Waals surface area (Å²) in [5.74, 6) is 1.16. The SMILES string of the molecule is CC(Cc1c(Cl)cnc2ccc(-c3ccc(C(C)(C)O)cc3)cc12)c1ccco1. The molecule has 0 fully saturated rings. The van der Waals surface area contributed by atoms with Gasteiger partial charge in [-0.3, -0.25) is 4.98 Å². The topological polar surface area (TPSA) is 46.3 Å². The molecule has 0 aliphatic carbocycles. The van der Waals surface area contributed by atoms with Crippen LogP contribution in [0.2, 0.25) is 5.02 Å². The van der Waals surface area contributed by atoms with Crippen molar-refractivity contribution in [1.82, 2.24) is 4.98 Å². The van der Waals surface area contributed by atoms with Crippen LogP contribution in [0.5, 0.6) is 0 Å². The van der Waals surface area contributed by atoms with Crippen LogP contribution in [-0.2, 0) is 12.0 Å². The molecule has 1 unspecified atom stereocenters. The summed E-state index contributed by atoms with van der Waals surface area (Å²) in [6, 6.07) is 18.2. The molecule has 3 nitrogen and oxygen atoms in total. The van der Waals surface area contributed by atoms with Crippen LogP contribution in [0.3, 0.4) is 0 Å². The fourth-order valence-electron chi connectivity index (χ4n) is 3.66. The fourth-order valence-corrected chi connectivity index (χ4v) is 3.89. The maximum Gasteiger partial charge on any atom is 0.106 e. The summed E-state index contributed by atoms with van der Waals surface area (Å²) in [6.07, 6.45) is 4.20. The molecule has 4 aromatic rings. The molecule has 0 radical (unpaired) electrons.